The van der Waals surface area contributed by atoms with Gasteiger partial charge in [0, 0.05) is 13.1 Å². The van der Waals surface area contributed by atoms with Crippen LogP contribution in [0.25, 0.3) is 0 Å². The number of allylic oxidation sites excluding steroid dienone is 2. The van der Waals surface area contributed by atoms with Crippen molar-refractivity contribution in [2.24, 2.45) is 0 Å². The Labute approximate surface area is 69.2 Å². The molecule has 0 aromatic carbocycles. The van der Waals surface area contributed by atoms with Crippen LogP contribution in [0.5, 0.6) is 0 Å². The summed E-state index contributed by atoms with van der Waals surface area (Å²) in [5, 5.41) is 3.36. The molecule has 0 aromatic rings. The lowest BCUT2D eigenvalue weighted by Gasteiger charge is -1.99. The molecule has 62 valence electrons. The van der Waals surface area contributed by atoms with Gasteiger partial charge in [-0.25, -0.2) is 0 Å². The molecule has 0 saturated heterocycles. The molecule has 0 radical (unpaired) electrons. The molecule has 0 saturated carbocycles. The van der Waals surface area contributed by atoms with Gasteiger partial charge in [0.25, 0.3) is 0 Å². The highest BCUT2D eigenvalue weighted by Crippen LogP contribution is 2.07. The first-order chi connectivity index (χ1) is 5.29. The molecular formula is C10H17N. The van der Waals surface area contributed by atoms with Gasteiger partial charge < -0.3 is 5.32 Å². The van der Waals surface area contributed by atoms with Crippen LogP contribution in [0, 0.1) is 0 Å². The van der Waals surface area contributed by atoms with Gasteiger partial charge in [0.05, 0.1) is 0 Å². The average Bonchev–Trinajstić information content (AvgIpc) is 2.04. The first-order valence-corrected chi connectivity index (χ1v) is 4.31. The van der Waals surface area contributed by atoms with Crippen LogP contribution in [-0.4, -0.2) is 13.1 Å². The lowest BCUT2D eigenvalue weighted by Crippen LogP contribution is -2.15. The molecule has 0 bridgehead atoms. The lowest BCUT2D eigenvalue weighted by molar-refractivity contribution is 0.812. The minimum atomic E-state index is 1.02. The maximum Gasteiger partial charge on any atom is 0.0164 e. The predicted molar refractivity (Wildman–Crippen MR) is 49.6 cm³/mol. The zero-order valence-corrected chi connectivity index (χ0v) is 7.48. The second-order valence-corrected chi connectivity index (χ2v) is 3.27. The van der Waals surface area contributed by atoms with Gasteiger partial charge in [-0.1, -0.05) is 23.3 Å². The van der Waals surface area contributed by atoms with Gasteiger partial charge in [-0.3, -0.25) is 0 Å². The Kier molecular flexibility index (Phi) is 3.37. The number of nitrogens with one attached hydrogen (secondary N) is 1. The molecule has 1 nitrogen and oxygen atoms in total. The summed E-state index contributed by atoms with van der Waals surface area (Å²) in [7, 11) is 0. The summed E-state index contributed by atoms with van der Waals surface area (Å²) in [5.74, 6) is 0. The van der Waals surface area contributed by atoms with E-state index in [4.69, 9.17) is 0 Å². The maximum absolute atomic E-state index is 3.36. The molecule has 1 N–H and O–H groups in total. The molecule has 1 aliphatic rings. The first kappa shape index (κ1) is 8.54. The Balaban J connectivity index is 2.49. The topological polar surface area (TPSA) is 12.0 Å². The highest BCUT2D eigenvalue weighted by Gasteiger charge is 1.94. The Morgan fingerprint density at radius 2 is 2.00 bits per heavy atom. The standard InChI is InChI=1S/C10H17N/c1-9-4-3-5-10(2)8-11-7-6-9/h5-6,11H,3-4,7-8H2,1-2H3/b9-6-,10-5-. The third kappa shape index (κ3) is 3.38. The van der Waals surface area contributed by atoms with E-state index < -0.39 is 0 Å². The molecule has 0 amide bonds. The molecule has 0 aliphatic carbocycles. The summed E-state index contributed by atoms with van der Waals surface area (Å²) in [6, 6.07) is 0. The zero-order valence-electron chi connectivity index (χ0n) is 7.48. The van der Waals surface area contributed by atoms with Crippen LogP contribution in [0.15, 0.2) is 23.3 Å². The Bertz CT molecular complexity index is 177. The molecule has 0 aromatic heterocycles. The highest BCUT2D eigenvalue weighted by atomic mass is 14.8. The highest BCUT2D eigenvalue weighted by molar-refractivity contribution is 5.07. The molecular weight excluding hydrogens is 134 g/mol. The van der Waals surface area contributed by atoms with E-state index >= 15 is 0 Å². The van der Waals surface area contributed by atoms with Gasteiger partial charge in [-0.05, 0) is 26.7 Å². The summed E-state index contributed by atoms with van der Waals surface area (Å²) in [4.78, 5) is 0. The fraction of sp³-hybridized carbons (Fsp3) is 0.600. The fourth-order valence-electron chi connectivity index (χ4n) is 1.24. The van der Waals surface area contributed by atoms with Crippen LogP contribution in [0.1, 0.15) is 26.7 Å². The van der Waals surface area contributed by atoms with Crippen LogP contribution < -0.4 is 5.32 Å². The average molecular weight is 151 g/mol. The van der Waals surface area contributed by atoms with Crippen molar-refractivity contribution in [3.8, 4) is 0 Å². The number of hydrogen-bond donors (Lipinski definition) is 1. The quantitative estimate of drug-likeness (QED) is 0.524. The van der Waals surface area contributed by atoms with Crippen molar-refractivity contribution in [3.63, 3.8) is 0 Å². The van der Waals surface area contributed by atoms with Gasteiger partial charge in [0.15, 0.2) is 0 Å². The smallest absolute Gasteiger partial charge is 0.0164 e. The number of hydrogen-bond acceptors (Lipinski definition) is 1. The zero-order chi connectivity index (χ0) is 8.10. The van der Waals surface area contributed by atoms with E-state index in [-0.39, 0.29) is 0 Å². The summed E-state index contributed by atoms with van der Waals surface area (Å²) in [6.45, 7) is 6.46. The largest absolute Gasteiger partial charge is 0.310 e. The van der Waals surface area contributed by atoms with E-state index in [1.807, 2.05) is 0 Å². The lowest BCUT2D eigenvalue weighted by atomic mass is 10.1. The van der Waals surface area contributed by atoms with E-state index in [2.05, 4.69) is 31.3 Å². The van der Waals surface area contributed by atoms with Crippen molar-refractivity contribution >= 4 is 0 Å². The van der Waals surface area contributed by atoms with E-state index in [1.54, 1.807) is 0 Å². The summed E-state index contributed by atoms with van der Waals surface area (Å²) in [5.41, 5.74) is 2.97. The van der Waals surface area contributed by atoms with E-state index in [0.29, 0.717) is 0 Å². The molecule has 0 fully saturated rings. The monoisotopic (exact) mass is 151 g/mol. The third-order valence-corrected chi connectivity index (χ3v) is 2.03. The predicted octanol–water partition coefficient (Wildman–Crippen LogP) is 2.26. The molecule has 0 atom stereocenters. The van der Waals surface area contributed by atoms with Crippen LogP contribution in [-0.2, 0) is 0 Å². The second-order valence-electron chi connectivity index (χ2n) is 3.27. The van der Waals surface area contributed by atoms with Gasteiger partial charge >= 0.3 is 0 Å². The summed E-state index contributed by atoms with van der Waals surface area (Å²) in [6.07, 6.45) is 7.04. The maximum atomic E-state index is 3.36. The van der Waals surface area contributed by atoms with E-state index in [9.17, 15) is 0 Å². The van der Waals surface area contributed by atoms with E-state index in [0.717, 1.165) is 13.1 Å². The molecule has 1 rings (SSSR count). The first-order valence-electron chi connectivity index (χ1n) is 4.31. The van der Waals surface area contributed by atoms with Gasteiger partial charge in [-0.2, -0.15) is 0 Å². The van der Waals surface area contributed by atoms with Gasteiger partial charge in [-0.15, -0.1) is 0 Å². The summed E-state index contributed by atoms with van der Waals surface area (Å²) >= 11 is 0. The van der Waals surface area contributed by atoms with E-state index in [1.165, 1.54) is 24.0 Å². The Morgan fingerprint density at radius 1 is 1.18 bits per heavy atom. The van der Waals surface area contributed by atoms with Gasteiger partial charge in [0.1, 0.15) is 0 Å². The minimum Gasteiger partial charge on any atom is -0.310 e. The van der Waals surface area contributed by atoms with Crippen LogP contribution in [0.3, 0.4) is 0 Å². The normalized spacial score (nSPS) is 30.4. The van der Waals surface area contributed by atoms with Crippen molar-refractivity contribution in [2.45, 2.75) is 26.7 Å². The molecule has 1 heteroatoms. The minimum absolute atomic E-state index is 1.02. The summed E-state index contributed by atoms with van der Waals surface area (Å²) < 4.78 is 0. The molecule has 0 unspecified atom stereocenters. The number of rotatable bonds is 0. The SMILES string of the molecule is C/C1=C/CNC/C(C)=C\CC1. The molecule has 0 spiro atoms. The van der Waals surface area contributed by atoms with Crippen molar-refractivity contribution in [2.75, 3.05) is 13.1 Å². The Morgan fingerprint density at radius 3 is 2.82 bits per heavy atom. The van der Waals surface area contributed by atoms with Crippen molar-refractivity contribution in [1.82, 2.24) is 5.32 Å². The van der Waals surface area contributed by atoms with Crippen LogP contribution in [0.2, 0.25) is 0 Å². The molecule has 1 heterocycles. The Hall–Kier alpha value is -0.560. The van der Waals surface area contributed by atoms with Crippen LogP contribution in [0.4, 0.5) is 0 Å². The molecule has 1 aliphatic heterocycles. The fourth-order valence-corrected chi connectivity index (χ4v) is 1.24. The van der Waals surface area contributed by atoms with Crippen LogP contribution >= 0.6 is 0 Å². The van der Waals surface area contributed by atoms with Crippen molar-refractivity contribution in [3.05, 3.63) is 23.3 Å². The molecule has 11 heavy (non-hydrogen) atoms. The van der Waals surface area contributed by atoms with Crippen molar-refractivity contribution < 1.29 is 0 Å². The second kappa shape index (κ2) is 4.35. The third-order valence-electron chi connectivity index (χ3n) is 2.03. The van der Waals surface area contributed by atoms with Gasteiger partial charge in [0.2, 0.25) is 0 Å². The van der Waals surface area contributed by atoms with Crippen molar-refractivity contribution in [1.29, 1.82) is 0 Å².